The molecule has 4 heteroatoms. The second kappa shape index (κ2) is 6.29. The van der Waals surface area contributed by atoms with E-state index in [0.717, 1.165) is 12.8 Å². The highest BCUT2D eigenvalue weighted by molar-refractivity contribution is 5.84. The van der Waals surface area contributed by atoms with Crippen molar-refractivity contribution in [3.8, 4) is 0 Å². The molecule has 0 radical (unpaired) electrons. The number of rotatable bonds is 5. The van der Waals surface area contributed by atoms with Crippen molar-refractivity contribution in [3.05, 3.63) is 35.9 Å². The minimum atomic E-state index is -0.886. The van der Waals surface area contributed by atoms with Gasteiger partial charge in [0.15, 0.2) is 0 Å². The fourth-order valence-corrected chi connectivity index (χ4v) is 2.92. The monoisotopic (exact) mass is 289 g/mol. The first-order chi connectivity index (χ1) is 9.92. The van der Waals surface area contributed by atoms with Gasteiger partial charge in [-0.2, -0.15) is 0 Å². The SMILES string of the molecule is CC(C)(CCC(=O)N1CCCC1C(=O)O)c1ccccc1. The zero-order valence-electron chi connectivity index (χ0n) is 12.7. The summed E-state index contributed by atoms with van der Waals surface area (Å²) < 4.78 is 0. The van der Waals surface area contributed by atoms with Crippen LogP contribution < -0.4 is 0 Å². The Hall–Kier alpha value is -1.84. The van der Waals surface area contributed by atoms with Crippen molar-refractivity contribution in [2.24, 2.45) is 0 Å². The number of carboxylic acid groups (broad SMARTS) is 1. The summed E-state index contributed by atoms with van der Waals surface area (Å²) in [4.78, 5) is 25.0. The Morgan fingerprint density at radius 3 is 2.57 bits per heavy atom. The van der Waals surface area contributed by atoms with Crippen molar-refractivity contribution in [1.82, 2.24) is 4.90 Å². The highest BCUT2D eigenvalue weighted by atomic mass is 16.4. The van der Waals surface area contributed by atoms with E-state index in [0.29, 0.717) is 19.4 Å². The van der Waals surface area contributed by atoms with Gasteiger partial charge in [0.1, 0.15) is 6.04 Å². The lowest BCUT2D eigenvalue weighted by Crippen LogP contribution is -2.40. The number of hydrogen-bond acceptors (Lipinski definition) is 2. The molecule has 0 bridgehead atoms. The van der Waals surface area contributed by atoms with Crippen LogP contribution in [-0.4, -0.2) is 34.5 Å². The van der Waals surface area contributed by atoms with Crippen LogP contribution >= 0.6 is 0 Å². The predicted octanol–water partition coefficient (Wildman–Crippen LogP) is 2.82. The van der Waals surface area contributed by atoms with E-state index < -0.39 is 12.0 Å². The van der Waals surface area contributed by atoms with Crippen molar-refractivity contribution in [2.75, 3.05) is 6.54 Å². The molecule has 1 heterocycles. The van der Waals surface area contributed by atoms with Gasteiger partial charge in [-0.3, -0.25) is 4.79 Å². The van der Waals surface area contributed by atoms with Crippen LogP contribution in [0.15, 0.2) is 30.3 Å². The highest BCUT2D eigenvalue weighted by Gasteiger charge is 2.34. The van der Waals surface area contributed by atoms with Crippen LogP contribution in [0.25, 0.3) is 0 Å². The van der Waals surface area contributed by atoms with Gasteiger partial charge in [-0.15, -0.1) is 0 Å². The maximum absolute atomic E-state index is 12.3. The lowest BCUT2D eigenvalue weighted by Gasteiger charge is -2.27. The van der Waals surface area contributed by atoms with Gasteiger partial charge in [-0.1, -0.05) is 44.2 Å². The molecule has 4 nitrogen and oxygen atoms in total. The van der Waals surface area contributed by atoms with Crippen LogP contribution in [0.4, 0.5) is 0 Å². The van der Waals surface area contributed by atoms with Crippen LogP contribution in [0.1, 0.15) is 45.1 Å². The van der Waals surface area contributed by atoms with Crippen LogP contribution in [0.5, 0.6) is 0 Å². The molecule has 1 aliphatic rings. The molecule has 0 spiro atoms. The molecule has 0 aliphatic carbocycles. The maximum Gasteiger partial charge on any atom is 0.326 e. The number of benzene rings is 1. The van der Waals surface area contributed by atoms with E-state index in [-0.39, 0.29) is 11.3 Å². The predicted molar refractivity (Wildman–Crippen MR) is 81.1 cm³/mol. The molecular formula is C17H23NO3. The molecule has 1 aromatic carbocycles. The number of hydrogen-bond donors (Lipinski definition) is 1. The third-order valence-corrected chi connectivity index (χ3v) is 4.38. The molecule has 0 aromatic heterocycles. The van der Waals surface area contributed by atoms with E-state index in [2.05, 4.69) is 26.0 Å². The van der Waals surface area contributed by atoms with Gasteiger partial charge in [-0.05, 0) is 30.2 Å². The summed E-state index contributed by atoms with van der Waals surface area (Å²) >= 11 is 0. The third kappa shape index (κ3) is 3.63. The van der Waals surface area contributed by atoms with E-state index in [4.69, 9.17) is 5.11 Å². The van der Waals surface area contributed by atoms with Gasteiger partial charge in [0.05, 0.1) is 0 Å². The van der Waals surface area contributed by atoms with E-state index in [9.17, 15) is 9.59 Å². The van der Waals surface area contributed by atoms with Crippen molar-refractivity contribution < 1.29 is 14.7 Å². The molecule has 0 saturated carbocycles. The zero-order valence-corrected chi connectivity index (χ0v) is 12.7. The summed E-state index contributed by atoms with van der Waals surface area (Å²) in [6.45, 7) is 4.81. The summed E-state index contributed by atoms with van der Waals surface area (Å²) in [5, 5.41) is 9.14. The second-order valence-corrected chi connectivity index (χ2v) is 6.33. The average molecular weight is 289 g/mol. The Balaban J connectivity index is 1.96. The number of carboxylic acids is 1. The van der Waals surface area contributed by atoms with Gasteiger partial charge in [0.2, 0.25) is 5.91 Å². The number of likely N-dealkylation sites (tertiary alicyclic amines) is 1. The maximum atomic E-state index is 12.3. The Bertz CT molecular complexity index is 510. The zero-order chi connectivity index (χ0) is 15.5. The summed E-state index contributed by atoms with van der Waals surface area (Å²) in [6.07, 6.45) is 2.47. The summed E-state index contributed by atoms with van der Waals surface area (Å²) in [5.74, 6) is -0.924. The number of carbonyl (C=O) groups is 2. The first-order valence-corrected chi connectivity index (χ1v) is 7.49. The van der Waals surface area contributed by atoms with Gasteiger partial charge < -0.3 is 10.0 Å². The van der Waals surface area contributed by atoms with E-state index in [1.165, 1.54) is 10.5 Å². The molecule has 1 aliphatic heterocycles. The quantitative estimate of drug-likeness (QED) is 0.906. The van der Waals surface area contributed by atoms with Gasteiger partial charge in [0.25, 0.3) is 0 Å². The normalized spacial score (nSPS) is 18.8. The summed E-state index contributed by atoms with van der Waals surface area (Å²) in [6, 6.07) is 9.49. The molecule has 2 rings (SSSR count). The molecular weight excluding hydrogens is 266 g/mol. The lowest BCUT2D eigenvalue weighted by molar-refractivity contribution is -0.148. The minimum absolute atomic E-state index is 0.0380. The molecule has 1 fully saturated rings. The van der Waals surface area contributed by atoms with Crippen LogP contribution in [-0.2, 0) is 15.0 Å². The van der Waals surface area contributed by atoms with Crippen molar-refractivity contribution in [2.45, 2.75) is 51.0 Å². The van der Waals surface area contributed by atoms with Crippen molar-refractivity contribution in [3.63, 3.8) is 0 Å². The Morgan fingerprint density at radius 2 is 1.95 bits per heavy atom. The number of amides is 1. The second-order valence-electron chi connectivity index (χ2n) is 6.33. The van der Waals surface area contributed by atoms with Crippen LogP contribution in [0.3, 0.4) is 0 Å². The Kier molecular flexibility index (Phi) is 4.66. The first-order valence-electron chi connectivity index (χ1n) is 7.49. The standard InChI is InChI=1S/C17H23NO3/c1-17(2,13-7-4-3-5-8-13)11-10-15(19)18-12-6-9-14(18)16(20)21/h3-5,7-8,14H,6,9-12H2,1-2H3,(H,20,21). The average Bonchev–Trinajstić information content (AvgIpc) is 2.95. The van der Waals surface area contributed by atoms with Gasteiger partial charge in [0, 0.05) is 13.0 Å². The molecule has 1 saturated heterocycles. The Labute approximate surface area is 125 Å². The molecule has 114 valence electrons. The fraction of sp³-hybridized carbons (Fsp3) is 0.529. The summed E-state index contributed by atoms with van der Waals surface area (Å²) in [7, 11) is 0. The van der Waals surface area contributed by atoms with E-state index in [1.54, 1.807) is 0 Å². The lowest BCUT2D eigenvalue weighted by atomic mass is 9.80. The van der Waals surface area contributed by atoms with E-state index >= 15 is 0 Å². The van der Waals surface area contributed by atoms with Crippen LogP contribution in [0.2, 0.25) is 0 Å². The van der Waals surface area contributed by atoms with Gasteiger partial charge in [-0.25, -0.2) is 4.79 Å². The highest BCUT2D eigenvalue weighted by Crippen LogP contribution is 2.29. The molecule has 1 atom stereocenters. The number of aliphatic carboxylic acids is 1. The fourth-order valence-electron chi connectivity index (χ4n) is 2.92. The van der Waals surface area contributed by atoms with Crippen molar-refractivity contribution in [1.29, 1.82) is 0 Å². The third-order valence-electron chi connectivity index (χ3n) is 4.38. The molecule has 1 unspecified atom stereocenters. The smallest absolute Gasteiger partial charge is 0.326 e. The number of nitrogens with zero attached hydrogens (tertiary/aromatic N) is 1. The largest absolute Gasteiger partial charge is 0.480 e. The van der Waals surface area contributed by atoms with Crippen molar-refractivity contribution >= 4 is 11.9 Å². The molecule has 21 heavy (non-hydrogen) atoms. The first kappa shape index (κ1) is 15.5. The van der Waals surface area contributed by atoms with Gasteiger partial charge >= 0.3 is 5.97 Å². The molecule has 1 amide bonds. The Morgan fingerprint density at radius 1 is 1.29 bits per heavy atom. The minimum Gasteiger partial charge on any atom is -0.480 e. The molecule has 1 aromatic rings. The topological polar surface area (TPSA) is 57.6 Å². The van der Waals surface area contributed by atoms with E-state index in [1.807, 2.05) is 18.2 Å². The number of carbonyl (C=O) groups excluding carboxylic acids is 1. The summed E-state index contributed by atoms with van der Waals surface area (Å²) in [5.41, 5.74) is 1.11. The van der Waals surface area contributed by atoms with Crippen LogP contribution in [0, 0.1) is 0 Å². The molecule has 1 N–H and O–H groups in total.